The van der Waals surface area contributed by atoms with Gasteiger partial charge < -0.3 is 4.90 Å². The van der Waals surface area contributed by atoms with E-state index in [1.165, 1.54) is 12.1 Å². The van der Waals surface area contributed by atoms with Crippen LogP contribution in [0.3, 0.4) is 0 Å². The van der Waals surface area contributed by atoms with Gasteiger partial charge in [0.1, 0.15) is 0 Å². The third-order valence-corrected chi connectivity index (χ3v) is 5.49. The number of hydrogen-bond acceptors (Lipinski definition) is 4. The molecule has 0 bridgehead atoms. The fourth-order valence-electron chi connectivity index (χ4n) is 3.35. The molecule has 1 heterocycles. The van der Waals surface area contributed by atoms with E-state index in [1.807, 2.05) is 17.0 Å². The van der Waals surface area contributed by atoms with Crippen molar-refractivity contribution in [1.82, 2.24) is 4.90 Å². The zero-order chi connectivity index (χ0) is 21.1. The summed E-state index contributed by atoms with van der Waals surface area (Å²) in [5.74, 6) is 0. The molecular formula is C20H24F3N3O2S. The van der Waals surface area contributed by atoms with Crippen molar-refractivity contribution in [3.05, 3.63) is 59.7 Å². The molecule has 0 amide bonds. The predicted molar refractivity (Wildman–Crippen MR) is 109 cm³/mol. The summed E-state index contributed by atoms with van der Waals surface area (Å²) in [5.41, 5.74) is 1.62. The normalized spacial score (nSPS) is 16.1. The maximum Gasteiger partial charge on any atom is 0.416 e. The summed E-state index contributed by atoms with van der Waals surface area (Å²) in [6.07, 6.45) is -2.40. The van der Waals surface area contributed by atoms with Crippen LogP contribution >= 0.6 is 0 Å². The van der Waals surface area contributed by atoms with Crippen LogP contribution in [0.1, 0.15) is 11.1 Å². The fourth-order valence-corrected chi connectivity index (χ4v) is 3.91. The van der Waals surface area contributed by atoms with Crippen molar-refractivity contribution in [1.29, 1.82) is 0 Å². The van der Waals surface area contributed by atoms with Gasteiger partial charge in [-0.3, -0.25) is 9.62 Å². The molecule has 0 radical (unpaired) electrons. The Morgan fingerprint density at radius 1 is 1.00 bits per heavy atom. The summed E-state index contributed by atoms with van der Waals surface area (Å²) in [5, 5.41) is 0. The standard InChI is InChI=1S/C20H24F3N3O2S/c1-29(27,28)24-18-7-5-16(6-8-18)9-10-25-11-13-26(14-12-25)19-4-2-3-17(15-19)20(21,22)23/h2-8,15,24H,9-14H2,1H3. The van der Waals surface area contributed by atoms with Crippen molar-refractivity contribution < 1.29 is 21.6 Å². The molecule has 0 spiro atoms. The predicted octanol–water partition coefficient (Wildman–Crippen LogP) is 3.44. The van der Waals surface area contributed by atoms with Crippen LogP contribution in [0.5, 0.6) is 0 Å². The number of anilines is 2. The van der Waals surface area contributed by atoms with E-state index < -0.39 is 21.8 Å². The topological polar surface area (TPSA) is 52.7 Å². The van der Waals surface area contributed by atoms with Crippen LogP contribution in [-0.2, 0) is 22.6 Å². The Balaban J connectivity index is 1.49. The lowest BCUT2D eigenvalue weighted by atomic mass is 10.1. The Bertz CT molecular complexity index is 923. The van der Waals surface area contributed by atoms with Gasteiger partial charge in [-0.1, -0.05) is 18.2 Å². The summed E-state index contributed by atoms with van der Waals surface area (Å²) in [7, 11) is -3.28. The molecule has 0 saturated carbocycles. The van der Waals surface area contributed by atoms with E-state index in [2.05, 4.69) is 9.62 Å². The van der Waals surface area contributed by atoms with Crippen molar-refractivity contribution in [3.8, 4) is 0 Å². The minimum Gasteiger partial charge on any atom is -0.369 e. The number of hydrogen-bond donors (Lipinski definition) is 1. The van der Waals surface area contributed by atoms with Crippen molar-refractivity contribution in [2.45, 2.75) is 12.6 Å². The second-order valence-corrected chi connectivity index (χ2v) is 8.95. The van der Waals surface area contributed by atoms with Gasteiger partial charge in [-0.15, -0.1) is 0 Å². The summed E-state index contributed by atoms with van der Waals surface area (Å²) in [6.45, 7) is 3.76. The second kappa shape index (κ2) is 8.62. The lowest BCUT2D eigenvalue weighted by molar-refractivity contribution is -0.137. The first-order valence-electron chi connectivity index (χ1n) is 9.31. The van der Waals surface area contributed by atoms with Gasteiger partial charge in [-0.25, -0.2) is 8.42 Å². The SMILES string of the molecule is CS(=O)(=O)Nc1ccc(CCN2CCN(c3cccc(C(F)(F)F)c3)CC2)cc1. The number of sulfonamides is 1. The van der Waals surface area contributed by atoms with Gasteiger partial charge in [-0.05, 0) is 42.3 Å². The van der Waals surface area contributed by atoms with Crippen LogP contribution in [0.25, 0.3) is 0 Å². The number of rotatable bonds is 6. The Hall–Kier alpha value is -2.26. The molecule has 158 valence electrons. The molecular weight excluding hydrogens is 403 g/mol. The van der Waals surface area contributed by atoms with Crippen molar-refractivity contribution >= 4 is 21.4 Å². The van der Waals surface area contributed by atoms with E-state index in [-0.39, 0.29) is 0 Å². The molecule has 0 aliphatic carbocycles. The quantitative estimate of drug-likeness (QED) is 0.768. The number of alkyl halides is 3. The van der Waals surface area contributed by atoms with E-state index >= 15 is 0 Å². The van der Waals surface area contributed by atoms with E-state index in [1.54, 1.807) is 18.2 Å². The zero-order valence-corrected chi connectivity index (χ0v) is 16.9. The van der Waals surface area contributed by atoms with E-state index in [4.69, 9.17) is 0 Å². The Labute approximate surface area is 169 Å². The lowest BCUT2D eigenvalue weighted by Crippen LogP contribution is -2.47. The molecule has 3 rings (SSSR count). The number of benzene rings is 2. The first-order valence-corrected chi connectivity index (χ1v) is 11.2. The molecule has 0 aromatic heterocycles. The molecule has 0 atom stereocenters. The minimum atomic E-state index is -4.33. The van der Waals surface area contributed by atoms with Crippen LogP contribution in [0.15, 0.2) is 48.5 Å². The van der Waals surface area contributed by atoms with Gasteiger partial charge in [-0.2, -0.15) is 13.2 Å². The van der Waals surface area contributed by atoms with Gasteiger partial charge in [0.2, 0.25) is 10.0 Å². The summed E-state index contributed by atoms with van der Waals surface area (Å²) < 4.78 is 63.6. The Kier molecular flexibility index (Phi) is 6.38. The average Bonchev–Trinajstić information content (AvgIpc) is 2.66. The van der Waals surface area contributed by atoms with E-state index in [0.29, 0.717) is 24.5 Å². The molecule has 29 heavy (non-hydrogen) atoms. The van der Waals surface area contributed by atoms with Gasteiger partial charge in [0.05, 0.1) is 11.8 Å². The van der Waals surface area contributed by atoms with Gasteiger partial charge in [0.25, 0.3) is 0 Å². The smallest absolute Gasteiger partial charge is 0.369 e. The van der Waals surface area contributed by atoms with Crippen LogP contribution in [-0.4, -0.2) is 52.3 Å². The monoisotopic (exact) mass is 427 g/mol. The largest absolute Gasteiger partial charge is 0.416 e. The van der Waals surface area contributed by atoms with Gasteiger partial charge in [0, 0.05) is 44.1 Å². The molecule has 2 aromatic carbocycles. The number of nitrogens with zero attached hydrogens (tertiary/aromatic N) is 2. The third kappa shape index (κ3) is 6.37. The van der Waals surface area contributed by atoms with Gasteiger partial charge >= 0.3 is 6.18 Å². The van der Waals surface area contributed by atoms with E-state index in [0.717, 1.165) is 43.9 Å². The highest BCUT2D eigenvalue weighted by atomic mass is 32.2. The molecule has 5 nitrogen and oxygen atoms in total. The molecule has 1 N–H and O–H groups in total. The molecule has 1 aliphatic rings. The summed E-state index contributed by atoms with van der Waals surface area (Å²) >= 11 is 0. The second-order valence-electron chi connectivity index (χ2n) is 7.20. The molecule has 2 aromatic rings. The third-order valence-electron chi connectivity index (χ3n) is 4.88. The maximum absolute atomic E-state index is 12.9. The number of nitrogens with one attached hydrogen (secondary N) is 1. The number of halogens is 3. The highest BCUT2D eigenvalue weighted by Crippen LogP contribution is 2.31. The first kappa shape index (κ1) is 21.4. The van der Waals surface area contributed by atoms with Crippen LogP contribution in [0.2, 0.25) is 0 Å². The maximum atomic E-state index is 12.9. The highest BCUT2D eigenvalue weighted by molar-refractivity contribution is 7.92. The van der Waals surface area contributed by atoms with E-state index in [9.17, 15) is 21.6 Å². The average molecular weight is 427 g/mol. The minimum absolute atomic E-state index is 0.533. The molecule has 9 heteroatoms. The van der Waals surface area contributed by atoms with Crippen molar-refractivity contribution in [2.24, 2.45) is 0 Å². The van der Waals surface area contributed by atoms with Crippen molar-refractivity contribution in [2.75, 3.05) is 48.6 Å². The molecule has 1 saturated heterocycles. The fraction of sp³-hybridized carbons (Fsp3) is 0.400. The zero-order valence-electron chi connectivity index (χ0n) is 16.1. The first-order chi connectivity index (χ1) is 13.6. The van der Waals surface area contributed by atoms with Crippen LogP contribution in [0, 0.1) is 0 Å². The van der Waals surface area contributed by atoms with Crippen LogP contribution in [0.4, 0.5) is 24.5 Å². The summed E-state index contributed by atoms with van der Waals surface area (Å²) in [4.78, 5) is 4.27. The van der Waals surface area contributed by atoms with Crippen molar-refractivity contribution in [3.63, 3.8) is 0 Å². The van der Waals surface area contributed by atoms with Crippen LogP contribution < -0.4 is 9.62 Å². The highest BCUT2D eigenvalue weighted by Gasteiger charge is 2.31. The Morgan fingerprint density at radius 3 is 2.24 bits per heavy atom. The molecule has 1 fully saturated rings. The number of piperazine rings is 1. The Morgan fingerprint density at radius 2 is 1.66 bits per heavy atom. The summed E-state index contributed by atoms with van der Waals surface area (Å²) in [6, 6.07) is 12.7. The molecule has 1 aliphatic heterocycles. The van der Waals surface area contributed by atoms with Gasteiger partial charge in [0.15, 0.2) is 0 Å². The lowest BCUT2D eigenvalue weighted by Gasteiger charge is -2.36. The molecule has 0 unspecified atom stereocenters.